The van der Waals surface area contributed by atoms with Gasteiger partial charge in [0.05, 0.1) is 34.6 Å². The van der Waals surface area contributed by atoms with Crippen LogP contribution in [0.2, 0.25) is 0 Å². The van der Waals surface area contributed by atoms with Crippen LogP contribution in [-0.4, -0.2) is 82.9 Å². The number of carbonyl (C=O) groups is 4. The standard InChI is InChI=1S/2C27H39N3O2/c1-15(2)24(31)10-9-23-17(5)18(6)25-26(19(23)7)29-14-22-13-21(11-12-28-16(3)4)20(8)30(22)27(25)32;1-15(2)24(31)10-9-21-13-22-14-29-26-19(7)23(11-12-28-16(3)4)17(5)18(6)25(26)27(32)30(22)20(21)8/h2*14-16,22,28H,9-13H2,1-8H3/t2*22-/m00/s1. The first kappa shape index (κ1) is 50.5. The first-order valence-electron chi connectivity index (χ1n) is 24.0. The van der Waals surface area contributed by atoms with Crippen LogP contribution in [0.15, 0.2) is 32.5 Å². The van der Waals surface area contributed by atoms with Gasteiger partial charge in [0.25, 0.3) is 11.8 Å². The molecule has 348 valence electrons. The fraction of sp³-hybridized carbons (Fsp3) is 0.593. The van der Waals surface area contributed by atoms with Gasteiger partial charge in [-0.05, 0) is 163 Å². The summed E-state index contributed by atoms with van der Waals surface area (Å²) in [5.74, 6) is 0.748. The number of carbonyl (C=O) groups excluding carboxylic acids is 4. The van der Waals surface area contributed by atoms with Crippen molar-refractivity contribution in [1.29, 1.82) is 0 Å². The average Bonchev–Trinajstić information content (AvgIpc) is 3.60. The van der Waals surface area contributed by atoms with Crippen LogP contribution in [0, 0.1) is 53.4 Å². The molecule has 4 aliphatic rings. The first-order chi connectivity index (χ1) is 30.1. The topological polar surface area (TPSA) is 124 Å². The van der Waals surface area contributed by atoms with E-state index in [9.17, 15) is 19.2 Å². The minimum atomic E-state index is -0.0655. The number of ketones is 2. The minimum Gasteiger partial charge on any atom is -0.314 e. The van der Waals surface area contributed by atoms with Crippen molar-refractivity contribution >= 4 is 47.2 Å². The number of hydrogen-bond acceptors (Lipinski definition) is 8. The molecule has 0 fully saturated rings. The van der Waals surface area contributed by atoms with Crippen LogP contribution in [0.5, 0.6) is 0 Å². The SMILES string of the molecule is CC1=C(CCC(=O)C(C)C)C[C@H]2C=Nc3c(C)c(CCNC(C)C)c(C)c(C)c3C(=O)N12.CC1=C(CCNC(C)C)C[C@H]2C=Nc3c(C)c(CCC(=O)C(C)C)c(C)c(C)c3C(=O)N12. The molecule has 0 bridgehead atoms. The molecule has 2 amide bonds. The van der Waals surface area contributed by atoms with Gasteiger partial charge in [-0.25, -0.2) is 0 Å². The van der Waals surface area contributed by atoms with E-state index < -0.39 is 0 Å². The van der Waals surface area contributed by atoms with Crippen molar-refractivity contribution in [2.45, 2.75) is 186 Å². The molecule has 2 aromatic rings. The number of benzene rings is 2. The highest BCUT2D eigenvalue weighted by molar-refractivity contribution is 6.07. The van der Waals surface area contributed by atoms with E-state index in [-0.39, 0.29) is 47.3 Å². The second kappa shape index (κ2) is 21.2. The van der Waals surface area contributed by atoms with E-state index in [0.717, 1.165) is 112 Å². The van der Waals surface area contributed by atoms with Crippen molar-refractivity contribution in [1.82, 2.24) is 20.4 Å². The van der Waals surface area contributed by atoms with Gasteiger partial charge in [0.15, 0.2) is 0 Å². The number of nitrogens with one attached hydrogen (secondary N) is 2. The summed E-state index contributed by atoms with van der Waals surface area (Å²) in [6.07, 6.45) is 9.89. The molecule has 4 heterocycles. The Balaban J connectivity index is 0.000000241. The molecule has 0 saturated carbocycles. The zero-order valence-corrected chi connectivity index (χ0v) is 42.1. The van der Waals surface area contributed by atoms with E-state index in [1.807, 2.05) is 70.7 Å². The van der Waals surface area contributed by atoms with Gasteiger partial charge in [0.2, 0.25) is 0 Å². The molecule has 0 spiro atoms. The van der Waals surface area contributed by atoms with Crippen molar-refractivity contribution in [3.05, 3.63) is 78.2 Å². The largest absolute Gasteiger partial charge is 0.314 e. The average molecular weight is 875 g/mol. The van der Waals surface area contributed by atoms with Crippen molar-refractivity contribution in [2.24, 2.45) is 21.8 Å². The van der Waals surface area contributed by atoms with Gasteiger partial charge < -0.3 is 20.4 Å². The lowest BCUT2D eigenvalue weighted by molar-refractivity contribution is -0.122. The van der Waals surface area contributed by atoms with Gasteiger partial charge in [0, 0.05) is 60.6 Å². The predicted molar refractivity (Wildman–Crippen MR) is 264 cm³/mol. The lowest BCUT2D eigenvalue weighted by Crippen LogP contribution is -2.35. The second-order valence-corrected chi connectivity index (χ2v) is 19.9. The molecule has 64 heavy (non-hydrogen) atoms. The Labute approximate surface area is 384 Å². The lowest BCUT2D eigenvalue weighted by Gasteiger charge is -2.25. The molecule has 0 unspecified atom stereocenters. The molecular formula is C54H78N6O4. The number of rotatable bonds is 16. The third-order valence-corrected chi connectivity index (χ3v) is 14.3. The molecule has 2 aromatic carbocycles. The van der Waals surface area contributed by atoms with Crippen molar-refractivity contribution in [3.63, 3.8) is 0 Å². The third-order valence-electron chi connectivity index (χ3n) is 14.3. The number of amides is 2. The quantitative estimate of drug-likeness (QED) is 0.173. The van der Waals surface area contributed by atoms with Gasteiger partial charge in [0.1, 0.15) is 11.6 Å². The highest BCUT2D eigenvalue weighted by atomic mass is 16.2. The van der Waals surface area contributed by atoms with Gasteiger partial charge in [-0.1, -0.05) is 55.4 Å². The number of Topliss-reactive ketones (excluding diaryl/α,β-unsaturated/α-hetero) is 2. The van der Waals surface area contributed by atoms with Gasteiger partial charge in [-0.3, -0.25) is 29.2 Å². The Bertz CT molecular complexity index is 2290. The van der Waals surface area contributed by atoms with Gasteiger partial charge >= 0.3 is 0 Å². The van der Waals surface area contributed by atoms with E-state index in [4.69, 9.17) is 9.98 Å². The molecule has 0 aliphatic carbocycles. The van der Waals surface area contributed by atoms with Crippen LogP contribution >= 0.6 is 0 Å². The summed E-state index contributed by atoms with van der Waals surface area (Å²) in [5, 5.41) is 6.97. The Morgan fingerprint density at radius 3 is 1.33 bits per heavy atom. The summed E-state index contributed by atoms with van der Waals surface area (Å²) in [7, 11) is 0. The van der Waals surface area contributed by atoms with E-state index in [1.54, 1.807) is 0 Å². The molecular weight excluding hydrogens is 797 g/mol. The van der Waals surface area contributed by atoms with Crippen LogP contribution in [0.1, 0.15) is 173 Å². The highest BCUT2D eigenvalue weighted by Crippen LogP contribution is 2.42. The van der Waals surface area contributed by atoms with Crippen molar-refractivity contribution in [2.75, 3.05) is 13.1 Å². The molecule has 2 atom stereocenters. The number of aliphatic imine (C=N–C) groups is 2. The Kier molecular flexibility index (Phi) is 16.7. The van der Waals surface area contributed by atoms with Crippen LogP contribution in [0.4, 0.5) is 11.4 Å². The zero-order chi connectivity index (χ0) is 47.5. The Morgan fingerprint density at radius 1 is 0.547 bits per heavy atom. The van der Waals surface area contributed by atoms with Crippen LogP contribution < -0.4 is 10.6 Å². The predicted octanol–water partition coefficient (Wildman–Crippen LogP) is 10.7. The fourth-order valence-corrected chi connectivity index (χ4v) is 9.89. The normalized spacial score (nSPS) is 18.0. The van der Waals surface area contributed by atoms with E-state index in [1.165, 1.54) is 22.3 Å². The lowest BCUT2D eigenvalue weighted by atomic mass is 9.87. The highest BCUT2D eigenvalue weighted by Gasteiger charge is 2.39. The molecule has 4 aliphatic heterocycles. The summed E-state index contributed by atoms with van der Waals surface area (Å²) < 4.78 is 0. The summed E-state index contributed by atoms with van der Waals surface area (Å²) in [5.41, 5.74) is 16.6. The van der Waals surface area contributed by atoms with E-state index in [0.29, 0.717) is 31.3 Å². The summed E-state index contributed by atoms with van der Waals surface area (Å²) in [4.78, 5) is 65.6. The smallest absolute Gasteiger partial charge is 0.261 e. The monoisotopic (exact) mass is 875 g/mol. The number of allylic oxidation sites excluding steroid dienone is 2. The van der Waals surface area contributed by atoms with Gasteiger partial charge in [-0.2, -0.15) is 0 Å². The molecule has 0 saturated heterocycles. The Morgan fingerprint density at radius 2 is 0.922 bits per heavy atom. The maximum Gasteiger partial charge on any atom is 0.261 e. The maximum absolute atomic E-state index is 13.8. The molecule has 0 radical (unpaired) electrons. The molecule has 2 N–H and O–H groups in total. The van der Waals surface area contributed by atoms with E-state index >= 15 is 0 Å². The molecule has 10 heteroatoms. The molecule has 10 nitrogen and oxygen atoms in total. The summed E-state index contributed by atoms with van der Waals surface area (Å²) in [6.45, 7) is 34.7. The summed E-state index contributed by atoms with van der Waals surface area (Å²) in [6, 6.07) is 0.819. The fourth-order valence-electron chi connectivity index (χ4n) is 9.89. The molecule has 0 aromatic heterocycles. The van der Waals surface area contributed by atoms with Crippen LogP contribution in [0.25, 0.3) is 0 Å². The Hall–Kier alpha value is -4.54. The van der Waals surface area contributed by atoms with Crippen LogP contribution in [-0.2, 0) is 22.4 Å². The third kappa shape index (κ3) is 10.6. The first-order valence-corrected chi connectivity index (χ1v) is 24.0. The van der Waals surface area contributed by atoms with Gasteiger partial charge in [-0.15, -0.1) is 0 Å². The van der Waals surface area contributed by atoms with E-state index in [2.05, 4.69) is 72.9 Å². The van der Waals surface area contributed by atoms with Crippen LogP contribution in [0.3, 0.4) is 0 Å². The number of fused-ring (bicyclic) bond motifs is 4. The van der Waals surface area contributed by atoms with Crippen molar-refractivity contribution in [3.8, 4) is 0 Å². The zero-order valence-electron chi connectivity index (χ0n) is 42.1. The van der Waals surface area contributed by atoms with Crippen molar-refractivity contribution < 1.29 is 19.2 Å². The second-order valence-electron chi connectivity index (χ2n) is 19.9. The number of nitrogens with zero attached hydrogens (tertiary/aromatic N) is 4. The maximum atomic E-state index is 13.8. The minimum absolute atomic E-state index is 0.0194. The molecule has 6 rings (SSSR count). The number of hydrogen-bond donors (Lipinski definition) is 2. The summed E-state index contributed by atoms with van der Waals surface area (Å²) >= 11 is 0.